The molecule has 0 spiro atoms. The maximum atomic E-state index is 11.1. The van der Waals surface area contributed by atoms with E-state index in [1.54, 1.807) is 17.9 Å². The Morgan fingerprint density at radius 1 is 1.33 bits per heavy atom. The standard InChI is InChI=1S/C14H17ClN2O/c1-3-9-14(18,11-7-5-4-6-8-11)13-12(15)10-16-17(13)2/h4-8,10,18H,3,9H2,1-2H3. The fourth-order valence-electron chi connectivity index (χ4n) is 2.35. The van der Waals surface area contributed by atoms with Crippen LogP contribution >= 0.6 is 11.6 Å². The van der Waals surface area contributed by atoms with E-state index in [0.717, 1.165) is 12.0 Å². The molecular weight excluding hydrogens is 248 g/mol. The van der Waals surface area contributed by atoms with Crippen LogP contribution in [0.4, 0.5) is 0 Å². The highest BCUT2D eigenvalue weighted by molar-refractivity contribution is 6.31. The molecule has 2 aromatic rings. The molecule has 4 heteroatoms. The lowest BCUT2D eigenvalue weighted by molar-refractivity contribution is 0.0617. The molecule has 1 N–H and O–H groups in total. The number of aromatic nitrogens is 2. The lowest BCUT2D eigenvalue weighted by Crippen LogP contribution is -2.30. The molecule has 0 radical (unpaired) electrons. The average Bonchev–Trinajstić information content (AvgIpc) is 2.71. The van der Waals surface area contributed by atoms with Gasteiger partial charge in [0.1, 0.15) is 5.60 Å². The fourth-order valence-corrected chi connectivity index (χ4v) is 2.67. The van der Waals surface area contributed by atoms with Gasteiger partial charge in [0.25, 0.3) is 0 Å². The van der Waals surface area contributed by atoms with Gasteiger partial charge in [-0.3, -0.25) is 4.68 Å². The van der Waals surface area contributed by atoms with Gasteiger partial charge in [0.05, 0.1) is 16.9 Å². The summed E-state index contributed by atoms with van der Waals surface area (Å²) in [6, 6.07) is 9.60. The Morgan fingerprint density at radius 3 is 2.50 bits per heavy atom. The predicted molar refractivity (Wildman–Crippen MR) is 72.6 cm³/mol. The van der Waals surface area contributed by atoms with E-state index < -0.39 is 5.60 Å². The minimum absolute atomic E-state index is 0.498. The first kappa shape index (κ1) is 13.1. The van der Waals surface area contributed by atoms with Crippen LogP contribution in [-0.4, -0.2) is 14.9 Å². The van der Waals surface area contributed by atoms with E-state index in [1.165, 1.54) is 0 Å². The lowest BCUT2D eigenvalue weighted by atomic mass is 9.86. The number of benzene rings is 1. The minimum atomic E-state index is -1.08. The molecule has 3 nitrogen and oxygen atoms in total. The number of hydrogen-bond donors (Lipinski definition) is 1. The maximum absolute atomic E-state index is 11.1. The highest BCUT2D eigenvalue weighted by Gasteiger charge is 2.35. The van der Waals surface area contributed by atoms with Crippen LogP contribution in [0, 0.1) is 0 Å². The summed E-state index contributed by atoms with van der Waals surface area (Å²) in [5.74, 6) is 0. The molecule has 96 valence electrons. The van der Waals surface area contributed by atoms with E-state index in [2.05, 4.69) is 5.10 Å². The molecule has 1 atom stereocenters. The maximum Gasteiger partial charge on any atom is 0.133 e. The quantitative estimate of drug-likeness (QED) is 0.921. The van der Waals surface area contributed by atoms with Gasteiger partial charge >= 0.3 is 0 Å². The van der Waals surface area contributed by atoms with Gasteiger partial charge in [-0.15, -0.1) is 0 Å². The Morgan fingerprint density at radius 2 is 2.00 bits per heavy atom. The summed E-state index contributed by atoms with van der Waals surface area (Å²) in [5, 5.41) is 15.7. The van der Waals surface area contributed by atoms with Gasteiger partial charge in [-0.05, 0) is 12.0 Å². The van der Waals surface area contributed by atoms with Crippen LogP contribution in [0.25, 0.3) is 0 Å². The Hall–Kier alpha value is -1.32. The van der Waals surface area contributed by atoms with Gasteiger partial charge in [0, 0.05) is 7.05 Å². The largest absolute Gasteiger partial charge is 0.379 e. The van der Waals surface area contributed by atoms with Crippen LogP contribution in [-0.2, 0) is 12.6 Å². The van der Waals surface area contributed by atoms with Crippen molar-refractivity contribution in [1.29, 1.82) is 0 Å². The van der Waals surface area contributed by atoms with Crippen molar-refractivity contribution in [2.45, 2.75) is 25.4 Å². The third-order valence-electron chi connectivity index (χ3n) is 3.15. The van der Waals surface area contributed by atoms with Crippen molar-refractivity contribution in [2.24, 2.45) is 7.05 Å². The molecule has 2 rings (SSSR count). The van der Waals surface area contributed by atoms with Crippen molar-refractivity contribution in [3.8, 4) is 0 Å². The molecule has 0 aliphatic carbocycles. The first-order chi connectivity index (χ1) is 8.59. The van der Waals surface area contributed by atoms with Crippen LogP contribution in [0.2, 0.25) is 5.02 Å². The number of aryl methyl sites for hydroxylation is 1. The molecule has 1 unspecified atom stereocenters. The number of aliphatic hydroxyl groups is 1. The minimum Gasteiger partial charge on any atom is -0.379 e. The van der Waals surface area contributed by atoms with Gasteiger partial charge in [-0.2, -0.15) is 5.10 Å². The number of hydrogen-bond acceptors (Lipinski definition) is 2. The molecule has 0 fully saturated rings. The second kappa shape index (κ2) is 5.12. The van der Waals surface area contributed by atoms with Crippen LogP contribution in [0.1, 0.15) is 31.0 Å². The zero-order valence-electron chi connectivity index (χ0n) is 10.6. The summed E-state index contributed by atoms with van der Waals surface area (Å²) in [5.41, 5.74) is 0.410. The van der Waals surface area contributed by atoms with Gasteiger partial charge in [0.15, 0.2) is 0 Å². The molecule has 0 amide bonds. The van der Waals surface area contributed by atoms with E-state index in [9.17, 15) is 5.11 Å². The van der Waals surface area contributed by atoms with E-state index in [4.69, 9.17) is 11.6 Å². The molecular formula is C14H17ClN2O. The molecule has 1 heterocycles. The van der Waals surface area contributed by atoms with Crippen molar-refractivity contribution in [3.63, 3.8) is 0 Å². The smallest absolute Gasteiger partial charge is 0.133 e. The zero-order valence-corrected chi connectivity index (χ0v) is 11.4. The monoisotopic (exact) mass is 264 g/mol. The summed E-state index contributed by atoms with van der Waals surface area (Å²) in [6.45, 7) is 2.04. The predicted octanol–water partition coefficient (Wildman–Crippen LogP) is 3.11. The number of rotatable bonds is 4. The zero-order chi connectivity index (χ0) is 13.2. The van der Waals surface area contributed by atoms with Crippen LogP contribution in [0.5, 0.6) is 0 Å². The molecule has 0 saturated carbocycles. The highest BCUT2D eigenvalue weighted by Crippen LogP contribution is 2.37. The third-order valence-corrected chi connectivity index (χ3v) is 3.43. The molecule has 0 bridgehead atoms. The van der Waals surface area contributed by atoms with Crippen LogP contribution in [0.3, 0.4) is 0 Å². The third kappa shape index (κ3) is 2.16. The second-order valence-electron chi connectivity index (χ2n) is 4.44. The molecule has 1 aromatic carbocycles. The van der Waals surface area contributed by atoms with Crippen LogP contribution < -0.4 is 0 Å². The highest BCUT2D eigenvalue weighted by atomic mass is 35.5. The Bertz CT molecular complexity index is 504. The van der Waals surface area contributed by atoms with Gasteiger partial charge in [-0.25, -0.2) is 0 Å². The Balaban J connectivity index is 2.58. The molecule has 0 aliphatic heterocycles. The van der Waals surface area contributed by atoms with Crippen molar-refractivity contribution in [3.05, 3.63) is 52.8 Å². The summed E-state index contributed by atoms with van der Waals surface area (Å²) in [7, 11) is 1.80. The van der Waals surface area contributed by atoms with Crippen molar-refractivity contribution in [2.75, 3.05) is 0 Å². The molecule has 1 aromatic heterocycles. The van der Waals surface area contributed by atoms with Crippen molar-refractivity contribution in [1.82, 2.24) is 9.78 Å². The topological polar surface area (TPSA) is 38.1 Å². The summed E-state index contributed by atoms with van der Waals surface area (Å²) < 4.78 is 1.64. The Labute approximate surface area is 112 Å². The number of nitrogens with zero attached hydrogens (tertiary/aromatic N) is 2. The van der Waals surface area contributed by atoms with Crippen LogP contribution in [0.15, 0.2) is 36.5 Å². The second-order valence-corrected chi connectivity index (χ2v) is 4.85. The van der Waals surface area contributed by atoms with E-state index in [0.29, 0.717) is 17.1 Å². The summed E-state index contributed by atoms with van der Waals surface area (Å²) in [6.07, 6.45) is 3.03. The lowest BCUT2D eigenvalue weighted by Gasteiger charge is -2.29. The molecule has 0 saturated heterocycles. The van der Waals surface area contributed by atoms with Crippen molar-refractivity contribution < 1.29 is 5.11 Å². The molecule has 18 heavy (non-hydrogen) atoms. The first-order valence-corrected chi connectivity index (χ1v) is 6.43. The fraction of sp³-hybridized carbons (Fsp3) is 0.357. The molecule has 0 aliphatic rings. The number of halogens is 1. The SMILES string of the molecule is CCCC(O)(c1ccccc1)c1c(Cl)cnn1C. The summed E-state index contributed by atoms with van der Waals surface area (Å²) >= 11 is 6.17. The summed E-state index contributed by atoms with van der Waals surface area (Å²) in [4.78, 5) is 0. The van der Waals surface area contributed by atoms with Gasteiger partial charge < -0.3 is 5.11 Å². The van der Waals surface area contributed by atoms with Gasteiger partial charge in [-0.1, -0.05) is 55.3 Å². The van der Waals surface area contributed by atoms with E-state index in [1.807, 2.05) is 37.3 Å². The van der Waals surface area contributed by atoms with E-state index in [-0.39, 0.29) is 0 Å². The van der Waals surface area contributed by atoms with E-state index >= 15 is 0 Å². The van der Waals surface area contributed by atoms with Gasteiger partial charge in [0.2, 0.25) is 0 Å². The average molecular weight is 265 g/mol. The van der Waals surface area contributed by atoms with Crippen molar-refractivity contribution >= 4 is 11.6 Å². The normalized spacial score (nSPS) is 14.4. The Kier molecular flexibility index (Phi) is 3.73. The first-order valence-electron chi connectivity index (χ1n) is 6.05.